The van der Waals surface area contributed by atoms with Crippen molar-refractivity contribution in [1.82, 2.24) is 10.2 Å². The van der Waals surface area contributed by atoms with E-state index in [1.807, 2.05) is 24.3 Å². The minimum Gasteiger partial charge on any atom is -0.379 e. The highest BCUT2D eigenvalue weighted by molar-refractivity contribution is 7.80. The summed E-state index contributed by atoms with van der Waals surface area (Å²) in [5.74, 6) is 0. The van der Waals surface area contributed by atoms with Gasteiger partial charge in [0.2, 0.25) is 0 Å². The molecule has 1 aliphatic rings. The summed E-state index contributed by atoms with van der Waals surface area (Å²) in [4.78, 5) is 2.41. The van der Waals surface area contributed by atoms with Crippen LogP contribution in [0.5, 0.6) is 0 Å². The Bertz CT molecular complexity index is 438. The molecule has 1 saturated heterocycles. The van der Waals surface area contributed by atoms with Gasteiger partial charge in [0.15, 0.2) is 5.11 Å². The van der Waals surface area contributed by atoms with Gasteiger partial charge < -0.3 is 15.4 Å². The average Bonchev–Trinajstić information content (AvgIpc) is 2.47. The first kappa shape index (κ1) is 15.5. The maximum atomic E-state index is 6.06. The fourth-order valence-corrected chi connectivity index (χ4v) is 2.45. The summed E-state index contributed by atoms with van der Waals surface area (Å²) in [5.41, 5.74) is 0.833. The maximum absolute atomic E-state index is 6.06. The first-order valence-corrected chi connectivity index (χ1v) is 7.64. The SMILES string of the molecule is S=C(NCCCN1CCOCC1)Nc1ccccc1Cl. The maximum Gasteiger partial charge on any atom is 0.170 e. The van der Waals surface area contributed by atoms with Crippen molar-refractivity contribution in [1.29, 1.82) is 0 Å². The molecule has 4 nitrogen and oxygen atoms in total. The van der Waals surface area contributed by atoms with Gasteiger partial charge in [-0.3, -0.25) is 4.90 Å². The summed E-state index contributed by atoms with van der Waals surface area (Å²) >= 11 is 11.3. The van der Waals surface area contributed by atoms with Crippen molar-refractivity contribution in [2.24, 2.45) is 0 Å². The van der Waals surface area contributed by atoms with Crippen LogP contribution in [-0.4, -0.2) is 49.4 Å². The summed E-state index contributed by atoms with van der Waals surface area (Å²) in [5, 5.41) is 7.59. The Morgan fingerprint density at radius 3 is 2.80 bits per heavy atom. The van der Waals surface area contributed by atoms with Gasteiger partial charge in [0, 0.05) is 19.6 Å². The number of halogens is 1. The minimum atomic E-state index is 0.611. The lowest BCUT2D eigenvalue weighted by Crippen LogP contribution is -2.38. The predicted octanol–water partition coefficient (Wildman–Crippen LogP) is 2.35. The smallest absolute Gasteiger partial charge is 0.170 e. The lowest BCUT2D eigenvalue weighted by Gasteiger charge is -2.26. The number of benzene rings is 1. The zero-order valence-electron chi connectivity index (χ0n) is 11.4. The molecule has 0 aliphatic carbocycles. The van der Waals surface area contributed by atoms with Crippen molar-refractivity contribution < 1.29 is 4.74 Å². The Morgan fingerprint density at radius 2 is 2.05 bits per heavy atom. The van der Waals surface area contributed by atoms with Crippen LogP contribution in [0.2, 0.25) is 5.02 Å². The quantitative estimate of drug-likeness (QED) is 0.644. The monoisotopic (exact) mass is 313 g/mol. The predicted molar refractivity (Wildman–Crippen MR) is 87.6 cm³/mol. The van der Waals surface area contributed by atoms with Gasteiger partial charge in [0.25, 0.3) is 0 Å². The van der Waals surface area contributed by atoms with Gasteiger partial charge in [-0.25, -0.2) is 0 Å². The highest BCUT2D eigenvalue weighted by atomic mass is 35.5. The number of hydrogen-bond donors (Lipinski definition) is 2. The highest BCUT2D eigenvalue weighted by Crippen LogP contribution is 2.20. The molecule has 0 spiro atoms. The molecule has 2 N–H and O–H groups in total. The van der Waals surface area contributed by atoms with E-state index in [2.05, 4.69) is 15.5 Å². The zero-order chi connectivity index (χ0) is 14.2. The van der Waals surface area contributed by atoms with Gasteiger partial charge in [0.1, 0.15) is 0 Å². The Kier molecular flexibility index (Phi) is 6.53. The number of thiocarbonyl (C=S) groups is 1. The number of ether oxygens (including phenoxy) is 1. The topological polar surface area (TPSA) is 36.5 Å². The summed E-state index contributed by atoms with van der Waals surface area (Å²) in [6, 6.07) is 7.57. The third-order valence-corrected chi connectivity index (χ3v) is 3.74. The van der Waals surface area contributed by atoms with Crippen LogP contribution in [0, 0.1) is 0 Å². The molecule has 6 heteroatoms. The lowest BCUT2D eigenvalue weighted by molar-refractivity contribution is 0.0376. The molecule has 0 saturated carbocycles. The van der Waals surface area contributed by atoms with Crippen LogP contribution in [0.1, 0.15) is 6.42 Å². The third-order valence-electron chi connectivity index (χ3n) is 3.16. The molecule has 0 bridgehead atoms. The fourth-order valence-electron chi connectivity index (χ4n) is 2.06. The number of anilines is 1. The molecule has 1 heterocycles. The molecule has 0 atom stereocenters. The van der Waals surface area contributed by atoms with Crippen LogP contribution < -0.4 is 10.6 Å². The zero-order valence-corrected chi connectivity index (χ0v) is 13.0. The van der Waals surface area contributed by atoms with Gasteiger partial charge in [-0.15, -0.1) is 0 Å². The van der Waals surface area contributed by atoms with Crippen molar-refractivity contribution in [2.45, 2.75) is 6.42 Å². The molecule has 0 radical (unpaired) electrons. The van der Waals surface area contributed by atoms with E-state index in [9.17, 15) is 0 Å². The van der Waals surface area contributed by atoms with E-state index in [0.29, 0.717) is 10.1 Å². The first-order chi connectivity index (χ1) is 9.75. The standard InChI is InChI=1S/C14H20ClN3OS/c15-12-4-1-2-5-13(12)17-14(20)16-6-3-7-18-8-10-19-11-9-18/h1-2,4-5H,3,6-11H2,(H2,16,17,20). The van der Waals surface area contributed by atoms with Crippen molar-refractivity contribution in [2.75, 3.05) is 44.7 Å². The second kappa shape index (κ2) is 8.42. The molecule has 1 aliphatic heterocycles. The molecule has 2 rings (SSSR count). The number of hydrogen-bond acceptors (Lipinski definition) is 3. The van der Waals surface area contributed by atoms with Gasteiger partial charge in [-0.1, -0.05) is 23.7 Å². The first-order valence-electron chi connectivity index (χ1n) is 6.85. The van der Waals surface area contributed by atoms with E-state index in [1.165, 1.54) is 0 Å². The second-order valence-corrected chi connectivity index (χ2v) is 5.48. The van der Waals surface area contributed by atoms with E-state index in [-0.39, 0.29) is 0 Å². The molecular formula is C14H20ClN3OS. The Morgan fingerprint density at radius 1 is 1.30 bits per heavy atom. The van der Waals surface area contributed by atoms with Crippen LogP contribution in [-0.2, 0) is 4.74 Å². The largest absolute Gasteiger partial charge is 0.379 e. The normalized spacial score (nSPS) is 15.8. The molecule has 1 aromatic rings. The number of para-hydroxylation sites is 1. The van der Waals surface area contributed by atoms with Crippen molar-refractivity contribution in [3.63, 3.8) is 0 Å². The Hall–Kier alpha value is -0.880. The van der Waals surface area contributed by atoms with E-state index in [0.717, 1.165) is 51.5 Å². The molecule has 0 aromatic heterocycles. The van der Waals surface area contributed by atoms with Gasteiger partial charge in [-0.2, -0.15) is 0 Å². The summed E-state index contributed by atoms with van der Waals surface area (Å²) in [6.07, 6.45) is 1.06. The van der Waals surface area contributed by atoms with Gasteiger partial charge >= 0.3 is 0 Å². The number of rotatable bonds is 5. The van der Waals surface area contributed by atoms with Crippen molar-refractivity contribution in [3.05, 3.63) is 29.3 Å². The van der Waals surface area contributed by atoms with Crippen LogP contribution in [0.15, 0.2) is 24.3 Å². The molecule has 1 fully saturated rings. The molecule has 20 heavy (non-hydrogen) atoms. The van der Waals surface area contributed by atoms with E-state index in [1.54, 1.807) is 0 Å². The third kappa shape index (κ3) is 5.25. The molecule has 110 valence electrons. The average molecular weight is 314 g/mol. The van der Waals surface area contributed by atoms with Gasteiger partial charge in [-0.05, 0) is 37.3 Å². The summed E-state index contributed by atoms with van der Waals surface area (Å²) in [6.45, 7) is 5.68. The molecule has 0 unspecified atom stereocenters. The van der Waals surface area contributed by atoms with E-state index in [4.69, 9.17) is 28.6 Å². The Labute approximate surface area is 130 Å². The highest BCUT2D eigenvalue weighted by Gasteiger charge is 2.09. The van der Waals surface area contributed by atoms with Crippen molar-refractivity contribution >= 4 is 34.6 Å². The Balaban J connectivity index is 1.61. The molecule has 0 amide bonds. The van der Waals surface area contributed by atoms with Crippen LogP contribution in [0.4, 0.5) is 5.69 Å². The fraction of sp³-hybridized carbons (Fsp3) is 0.500. The van der Waals surface area contributed by atoms with Crippen LogP contribution in [0.3, 0.4) is 0 Å². The number of nitrogens with one attached hydrogen (secondary N) is 2. The van der Waals surface area contributed by atoms with Crippen LogP contribution >= 0.6 is 23.8 Å². The van der Waals surface area contributed by atoms with Crippen LogP contribution in [0.25, 0.3) is 0 Å². The summed E-state index contributed by atoms with van der Waals surface area (Å²) in [7, 11) is 0. The van der Waals surface area contributed by atoms with E-state index < -0.39 is 0 Å². The van der Waals surface area contributed by atoms with Gasteiger partial charge in [0.05, 0.1) is 23.9 Å². The minimum absolute atomic E-state index is 0.611. The van der Waals surface area contributed by atoms with E-state index >= 15 is 0 Å². The second-order valence-electron chi connectivity index (χ2n) is 4.67. The summed E-state index contributed by atoms with van der Waals surface area (Å²) < 4.78 is 5.32. The number of morpholine rings is 1. The van der Waals surface area contributed by atoms with Crippen molar-refractivity contribution in [3.8, 4) is 0 Å². The molecule has 1 aromatic carbocycles. The number of nitrogens with zero attached hydrogens (tertiary/aromatic N) is 1. The lowest BCUT2D eigenvalue weighted by atomic mass is 10.3. The molecular weight excluding hydrogens is 294 g/mol.